The molecule has 3 rings (SSSR count). The van der Waals surface area contributed by atoms with E-state index in [1.54, 1.807) is 12.2 Å². The van der Waals surface area contributed by atoms with Gasteiger partial charge >= 0.3 is 81.2 Å². The number of esters is 3. The molecule has 2 fully saturated rings. The van der Waals surface area contributed by atoms with Gasteiger partial charge in [-0.3, -0.25) is 19.2 Å². The van der Waals surface area contributed by atoms with E-state index in [9.17, 15) is 24.0 Å². The van der Waals surface area contributed by atoms with Crippen molar-refractivity contribution in [1.82, 2.24) is 0 Å². The second-order valence-corrected chi connectivity index (χ2v) is 10.8. The Morgan fingerprint density at radius 2 is 1.74 bits per heavy atom. The minimum Gasteiger partial charge on any atom is -1.00 e. The van der Waals surface area contributed by atoms with Crippen LogP contribution in [0.1, 0.15) is 66.6 Å². The van der Waals surface area contributed by atoms with Gasteiger partial charge in [0.05, 0.1) is 31.3 Å². The van der Waals surface area contributed by atoms with Crippen molar-refractivity contribution < 1.29 is 101 Å². The summed E-state index contributed by atoms with van der Waals surface area (Å²) >= 11 is 0. The standard InChI is InChI=1S/C28H36O10.K.H/c1-17-4-7-20-27(2,19(17)6-5-18-13-15-36-26(18)35)14-12-21(38-25(34)11-9-23(31)32)28(20,3)16-37-24(33)10-8-22(29)30;;/h5-6,13,19-21H,1,4,7-12,14-16H2,2-3H3,(H,29,30)(H,31,32);;/q;+1;-1/b6-5+;;/t19-,20+,21-,27+,28+;;/m1../s1. The monoisotopic (exact) mass is 572 g/mol. The molecule has 1 heterocycles. The number of rotatable bonds is 11. The summed E-state index contributed by atoms with van der Waals surface area (Å²) in [5.74, 6) is -4.05. The first kappa shape index (κ1) is 33.4. The summed E-state index contributed by atoms with van der Waals surface area (Å²) < 4.78 is 16.4. The number of cyclic esters (lactones) is 1. The fourth-order valence-corrected chi connectivity index (χ4v) is 6.30. The zero-order chi connectivity index (χ0) is 28.1. The average molecular weight is 573 g/mol. The largest absolute Gasteiger partial charge is 1.00 e. The second kappa shape index (κ2) is 14.2. The number of carbonyl (C=O) groups is 5. The number of aliphatic carboxylic acids is 2. The van der Waals surface area contributed by atoms with Crippen LogP contribution < -0.4 is 51.4 Å². The molecule has 39 heavy (non-hydrogen) atoms. The predicted molar refractivity (Wildman–Crippen MR) is 135 cm³/mol. The van der Waals surface area contributed by atoms with Crippen LogP contribution in [0.2, 0.25) is 0 Å². The van der Waals surface area contributed by atoms with Crippen LogP contribution in [0.3, 0.4) is 0 Å². The maximum Gasteiger partial charge on any atom is 1.00 e. The van der Waals surface area contributed by atoms with Crippen molar-refractivity contribution >= 4 is 29.8 Å². The molecule has 210 valence electrons. The van der Waals surface area contributed by atoms with Gasteiger partial charge in [-0.15, -0.1) is 0 Å². The molecule has 2 aliphatic carbocycles. The summed E-state index contributed by atoms with van der Waals surface area (Å²) in [5.41, 5.74) is 0.328. The molecular weight excluding hydrogens is 535 g/mol. The Labute approximate surface area is 272 Å². The number of carbonyl (C=O) groups excluding carboxylic acids is 3. The van der Waals surface area contributed by atoms with Gasteiger partial charge in [-0.1, -0.05) is 38.2 Å². The molecule has 2 saturated carbocycles. The maximum absolute atomic E-state index is 12.5. The molecule has 0 unspecified atom stereocenters. The first-order valence-electron chi connectivity index (χ1n) is 12.9. The summed E-state index contributed by atoms with van der Waals surface area (Å²) in [5, 5.41) is 17.8. The fraction of sp³-hybridized carbons (Fsp3) is 0.607. The molecule has 0 radical (unpaired) electrons. The molecule has 0 aromatic rings. The van der Waals surface area contributed by atoms with E-state index in [1.807, 2.05) is 13.0 Å². The van der Waals surface area contributed by atoms with E-state index in [-0.39, 0.29) is 115 Å². The van der Waals surface area contributed by atoms with Crippen molar-refractivity contribution in [2.45, 2.75) is 71.3 Å². The van der Waals surface area contributed by atoms with E-state index >= 15 is 0 Å². The van der Waals surface area contributed by atoms with Gasteiger partial charge in [0.2, 0.25) is 0 Å². The third-order valence-corrected chi connectivity index (χ3v) is 8.30. The normalized spacial score (nSPS) is 30.0. The maximum atomic E-state index is 12.5. The van der Waals surface area contributed by atoms with E-state index in [1.165, 1.54) is 0 Å². The topological polar surface area (TPSA) is 154 Å². The van der Waals surface area contributed by atoms with Crippen LogP contribution in [0, 0.1) is 22.7 Å². The van der Waals surface area contributed by atoms with Gasteiger partial charge in [0.15, 0.2) is 0 Å². The number of allylic oxidation sites excluding steroid dienone is 2. The van der Waals surface area contributed by atoms with Gasteiger partial charge in [-0.2, -0.15) is 0 Å². The zero-order valence-corrected chi connectivity index (χ0v) is 26.0. The number of fused-ring (bicyclic) bond motifs is 1. The van der Waals surface area contributed by atoms with Crippen LogP contribution >= 0.6 is 0 Å². The minimum absolute atomic E-state index is 0. The number of carboxylic acids is 2. The third kappa shape index (κ3) is 8.13. The van der Waals surface area contributed by atoms with Crippen molar-refractivity contribution in [2.24, 2.45) is 22.7 Å². The van der Waals surface area contributed by atoms with Gasteiger partial charge in [-0.25, -0.2) is 4.79 Å². The molecule has 0 aromatic carbocycles. The number of ether oxygens (including phenoxy) is 3. The summed E-state index contributed by atoms with van der Waals surface area (Å²) in [4.78, 5) is 58.6. The summed E-state index contributed by atoms with van der Waals surface area (Å²) in [7, 11) is 0. The van der Waals surface area contributed by atoms with Gasteiger partial charge in [0.1, 0.15) is 19.3 Å². The molecular formula is C28H37KO10. The molecule has 0 bridgehead atoms. The quantitative estimate of drug-likeness (QED) is 0.157. The van der Waals surface area contributed by atoms with Crippen molar-refractivity contribution in [3.8, 4) is 0 Å². The van der Waals surface area contributed by atoms with E-state index in [0.29, 0.717) is 31.3 Å². The van der Waals surface area contributed by atoms with Gasteiger partial charge in [0.25, 0.3) is 0 Å². The molecule has 11 heteroatoms. The van der Waals surface area contributed by atoms with Crippen molar-refractivity contribution in [3.63, 3.8) is 0 Å². The Morgan fingerprint density at radius 3 is 2.33 bits per heavy atom. The van der Waals surface area contributed by atoms with Crippen molar-refractivity contribution in [1.29, 1.82) is 0 Å². The predicted octanol–water partition coefficient (Wildman–Crippen LogP) is 0.716. The van der Waals surface area contributed by atoms with Crippen LogP contribution in [0.15, 0.2) is 36.0 Å². The molecule has 2 N–H and O–H groups in total. The molecule has 0 saturated heterocycles. The summed E-state index contributed by atoms with van der Waals surface area (Å²) in [6, 6.07) is 0. The zero-order valence-electron chi connectivity index (χ0n) is 23.9. The summed E-state index contributed by atoms with van der Waals surface area (Å²) in [6.45, 7) is 8.49. The SMILES string of the molecule is C=C1CC[C@@H]2[C@](C)(COC(=O)CCC(=O)O)[C@H](OC(=O)CCC(=O)O)CC[C@@]2(C)[C@@H]1/C=C/C1=CCOC1=O.[H-].[K+]. The van der Waals surface area contributed by atoms with Crippen LogP contribution in [-0.2, 0) is 38.2 Å². The molecule has 5 atom stereocenters. The van der Waals surface area contributed by atoms with E-state index in [0.717, 1.165) is 5.57 Å². The summed E-state index contributed by atoms with van der Waals surface area (Å²) in [6.07, 6.45) is 6.10. The molecule has 0 amide bonds. The number of hydrogen-bond donors (Lipinski definition) is 2. The van der Waals surface area contributed by atoms with E-state index in [2.05, 4.69) is 13.5 Å². The van der Waals surface area contributed by atoms with Crippen molar-refractivity contribution in [3.05, 3.63) is 36.0 Å². The second-order valence-electron chi connectivity index (χ2n) is 10.8. The average Bonchev–Trinajstić information content (AvgIpc) is 3.26. The van der Waals surface area contributed by atoms with E-state index < -0.39 is 35.4 Å². The molecule has 10 nitrogen and oxygen atoms in total. The molecule has 1 aliphatic heterocycles. The Balaban J connectivity index is 0.00000400. The Hall–Kier alpha value is -1.79. The van der Waals surface area contributed by atoms with Gasteiger partial charge in [0, 0.05) is 11.3 Å². The minimum atomic E-state index is -1.11. The van der Waals surface area contributed by atoms with Crippen LogP contribution in [0.5, 0.6) is 0 Å². The molecule has 0 aromatic heterocycles. The van der Waals surface area contributed by atoms with Crippen LogP contribution in [0.4, 0.5) is 0 Å². The smallest absolute Gasteiger partial charge is 1.00 e. The number of hydrogen-bond acceptors (Lipinski definition) is 8. The molecule has 3 aliphatic rings. The fourth-order valence-electron chi connectivity index (χ4n) is 6.30. The molecule has 0 spiro atoms. The van der Waals surface area contributed by atoms with Crippen molar-refractivity contribution in [2.75, 3.05) is 13.2 Å². The van der Waals surface area contributed by atoms with Gasteiger partial charge in [-0.05, 0) is 43.1 Å². The Bertz CT molecular complexity index is 1070. The first-order valence-corrected chi connectivity index (χ1v) is 12.9. The van der Waals surface area contributed by atoms with E-state index in [4.69, 9.17) is 24.4 Å². The Morgan fingerprint density at radius 1 is 1.10 bits per heavy atom. The number of carboxylic acid groups (broad SMARTS) is 2. The van der Waals surface area contributed by atoms with Gasteiger partial charge < -0.3 is 25.9 Å². The third-order valence-electron chi connectivity index (χ3n) is 8.30. The van der Waals surface area contributed by atoms with Crippen LogP contribution in [0.25, 0.3) is 0 Å². The first-order chi connectivity index (χ1) is 17.9. The van der Waals surface area contributed by atoms with Crippen LogP contribution in [-0.4, -0.2) is 59.4 Å². The Kier molecular flexibility index (Phi) is 12.2.